The van der Waals surface area contributed by atoms with E-state index in [-0.39, 0.29) is 12.1 Å². The molecule has 1 N–H and O–H groups in total. The predicted molar refractivity (Wildman–Crippen MR) is 69.7 cm³/mol. The molecule has 0 aliphatic rings. The van der Waals surface area contributed by atoms with Crippen LogP contribution in [0.15, 0.2) is 30.6 Å². The Balaban J connectivity index is 2.07. The minimum Gasteiger partial charge on any atom is -0.310 e. The summed E-state index contributed by atoms with van der Waals surface area (Å²) in [7, 11) is 0. The van der Waals surface area contributed by atoms with Gasteiger partial charge in [0.15, 0.2) is 0 Å². The highest BCUT2D eigenvalue weighted by Gasteiger charge is 2.09. The Labute approximate surface area is 111 Å². The molecule has 0 amide bonds. The number of halogens is 2. The zero-order valence-electron chi connectivity index (χ0n) is 11.0. The number of nitrogens with zero attached hydrogens (tertiary/aromatic N) is 2. The smallest absolute Gasteiger partial charge is 0.131 e. The number of aromatic nitrogens is 2. The van der Waals surface area contributed by atoms with Gasteiger partial charge >= 0.3 is 0 Å². The number of hydrogen-bond donors (Lipinski definition) is 1. The molecule has 0 unspecified atom stereocenters. The van der Waals surface area contributed by atoms with Crippen molar-refractivity contribution in [2.24, 2.45) is 0 Å². The topological polar surface area (TPSA) is 29.9 Å². The monoisotopic (exact) mass is 265 g/mol. The molecule has 0 bridgehead atoms. The Kier molecular flexibility index (Phi) is 4.27. The molecule has 1 aromatic carbocycles. The molecule has 102 valence electrons. The highest BCUT2D eigenvalue weighted by atomic mass is 19.1. The Bertz CT molecular complexity index is 529. The van der Waals surface area contributed by atoms with Gasteiger partial charge in [-0.05, 0) is 12.1 Å². The van der Waals surface area contributed by atoms with Crippen molar-refractivity contribution >= 4 is 0 Å². The van der Waals surface area contributed by atoms with Gasteiger partial charge in [-0.15, -0.1) is 0 Å². The fourth-order valence-electron chi connectivity index (χ4n) is 1.75. The standard InChI is InChI=1S/C14H17F2N3/c1-10(2)17-6-11-7-18-19(8-11)9-12-13(15)4-3-5-14(12)16/h3-5,7-8,10,17H,6,9H2,1-2H3. The average molecular weight is 265 g/mol. The van der Waals surface area contributed by atoms with Crippen molar-refractivity contribution in [1.82, 2.24) is 15.1 Å². The molecule has 2 rings (SSSR count). The zero-order chi connectivity index (χ0) is 13.8. The molecule has 19 heavy (non-hydrogen) atoms. The molecule has 0 aliphatic carbocycles. The fourth-order valence-corrected chi connectivity index (χ4v) is 1.75. The third-order valence-corrected chi connectivity index (χ3v) is 2.78. The van der Waals surface area contributed by atoms with Gasteiger partial charge in [-0.1, -0.05) is 19.9 Å². The van der Waals surface area contributed by atoms with E-state index in [9.17, 15) is 8.78 Å². The predicted octanol–water partition coefficient (Wildman–Crippen LogP) is 2.71. The van der Waals surface area contributed by atoms with Crippen molar-refractivity contribution in [3.63, 3.8) is 0 Å². The highest BCUT2D eigenvalue weighted by Crippen LogP contribution is 2.13. The lowest BCUT2D eigenvalue weighted by Gasteiger charge is -2.06. The molecule has 0 radical (unpaired) electrons. The van der Waals surface area contributed by atoms with Crippen molar-refractivity contribution in [2.75, 3.05) is 0 Å². The second kappa shape index (κ2) is 5.93. The molecule has 0 atom stereocenters. The molecule has 1 aromatic heterocycles. The van der Waals surface area contributed by atoms with Gasteiger partial charge in [0.1, 0.15) is 11.6 Å². The van der Waals surface area contributed by atoms with Gasteiger partial charge in [0.05, 0.1) is 12.7 Å². The van der Waals surface area contributed by atoms with Crippen LogP contribution in [0.25, 0.3) is 0 Å². The summed E-state index contributed by atoms with van der Waals surface area (Å²) in [5.74, 6) is -1.09. The first-order chi connectivity index (χ1) is 9.06. The molecule has 1 heterocycles. The summed E-state index contributed by atoms with van der Waals surface area (Å²) >= 11 is 0. The van der Waals surface area contributed by atoms with Crippen molar-refractivity contribution in [3.8, 4) is 0 Å². The third-order valence-electron chi connectivity index (χ3n) is 2.78. The zero-order valence-corrected chi connectivity index (χ0v) is 11.0. The SMILES string of the molecule is CC(C)NCc1cnn(Cc2c(F)cccc2F)c1. The highest BCUT2D eigenvalue weighted by molar-refractivity contribution is 5.20. The summed E-state index contributed by atoms with van der Waals surface area (Å²) in [5, 5.41) is 7.38. The lowest BCUT2D eigenvalue weighted by Crippen LogP contribution is -2.21. The Hall–Kier alpha value is -1.75. The van der Waals surface area contributed by atoms with Crippen molar-refractivity contribution in [3.05, 3.63) is 53.4 Å². The number of rotatable bonds is 5. The first-order valence-corrected chi connectivity index (χ1v) is 6.24. The molecule has 5 heteroatoms. The van der Waals surface area contributed by atoms with Crippen LogP contribution in [0, 0.1) is 11.6 Å². The van der Waals surface area contributed by atoms with Crippen LogP contribution >= 0.6 is 0 Å². The van der Waals surface area contributed by atoms with Crippen LogP contribution in [0.3, 0.4) is 0 Å². The normalized spacial score (nSPS) is 11.2. The molecule has 0 spiro atoms. The van der Waals surface area contributed by atoms with Crippen molar-refractivity contribution < 1.29 is 8.78 Å². The van der Waals surface area contributed by atoms with E-state index in [4.69, 9.17) is 0 Å². The minimum atomic E-state index is -0.544. The van der Waals surface area contributed by atoms with Crippen molar-refractivity contribution in [1.29, 1.82) is 0 Å². The largest absolute Gasteiger partial charge is 0.310 e. The van der Waals surface area contributed by atoms with Crippen LogP contribution in [-0.4, -0.2) is 15.8 Å². The maximum absolute atomic E-state index is 13.5. The van der Waals surface area contributed by atoms with Gasteiger partial charge in [0.2, 0.25) is 0 Å². The van der Waals surface area contributed by atoms with E-state index in [1.165, 1.54) is 18.2 Å². The van der Waals surface area contributed by atoms with Gasteiger partial charge in [0, 0.05) is 29.9 Å². The average Bonchev–Trinajstić information content (AvgIpc) is 2.79. The number of hydrogen-bond acceptors (Lipinski definition) is 2. The minimum absolute atomic E-state index is 0.0361. The van der Waals surface area contributed by atoms with Crippen LogP contribution in [0.4, 0.5) is 8.78 Å². The lowest BCUT2D eigenvalue weighted by atomic mass is 10.2. The molecule has 3 nitrogen and oxygen atoms in total. The summed E-state index contributed by atoms with van der Waals surface area (Å²) in [6.45, 7) is 4.90. The molecule has 0 saturated carbocycles. The summed E-state index contributed by atoms with van der Waals surface area (Å²) in [4.78, 5) is 0. The van der Waals surface area contributed by atoms with Gasteiger partial charge < -0.3 is 5.32 Å². The second-order valence-corrected chi connectivity index (χ2v) is 4.78. The lowest BCUT2D eigenvalue weighted by molar-refractivity contribution is 0.532. The van der Waals surface area contributed by atoms with Gasteiger partial charge in [-0.2, -0.15) is 5.10 Å². The Morgan fingerprint density at radius 2 is 1.95 bits per heavy atom. The number of nitrogens with one attached hydrogen (secondary N) is 1. The van der Waals surface area contributed by atoms with E-state index in [1.54, 1.807) is 17.1 Å². The molecule has 0 saturated heterocycles. The van der Waals surface area contributed by atoms with E-state index < -0.39 is 11.6 Å². The van der Waals surface area contributed by atoms with E-state index >= 15 is 0 Å². The summed E-state index contributed by atoms with van der Waals surface area (Å²) < 4.78 is 28.5. The van der Waals surface area contributed by atoms with Crippen LogP contribution < -0.4 is 5.32 Å². The molecule has 0 aliphatic heterocycles. The summed E-state index contributed by atoms with van der Waals surface area (Å²) in [6.07, 6.45) is 3.50. The van der Waals surface area contributed by atoms with Crippen LogP contribution in [0.5, 0.6) is 0 Å². The summed E-state index contributed by atoms with van der Waals surface area (Å²) in [5.41, 5.74) is 1.03. The maximum Gasteiger partial charge on any atom is 0.131 e. The Morgan fingerprint density at radius 1 is 1.26 bits per heavy atom. The van der Waals surface area contributed by atoms with Gasteiger partial charge in [-0.3, -0.25) is 4.68 Å². The Morgan fingerprint density at radius 3 is 2.58 bits per heavy atom. The molecular weight excluding hydrogens is 248 g/mol. The third kappa shape index (κ3) is 3.61. The van der Waals surface area contributed by atoms with Gasteiger partial charge in [-0.25, -0.2) is 8.78 Å². The van der Waals surface area contributed by atoms with Crippen LogP contribution in [0.2, 0.25) is 0 Å². The van der Waals surface area contributed by atoms with Crippen molar-refractivity contribution in [2.45, 2.75) is 33.0 Å². The number of benzene rings is 1. The second-order valence-electron chi connectivity index (χ2n) is 4.78. The van der Waals surface area contributed by atoms with Crippen LogP contribution in [0.1, 0.15) is 25.0 Å². The van der Waals surface area contributed by atoms with Gasteiger partial charge in [0.25, 0.3) is 0 Å². The van der Waals surface area contributed by atoms with E-state index in [0.717, 1.165) is 5.56 Å². The van der Waals surface area contributed by atoms with E-state index in [1.807, 2.05) is 0 Å². The first-order valence-electron chi connectivity index (χ1n) is 6.24. The quantitative estimate of drug-likeness (QED) is 0.900. The van der Waals surface area contributed by atoms with E-state index in [2.05, 4.69) is 24.3 Å². The molecule has 0 fully saturated rings. The fraction of sp³-hybridized carbons (Fsp3) is 0.357. The first kappa shape index (κ1) is 13.7. The van der Waals surface area contributed by atoms with E-state index in [0.29, 0.717) is 12.6 Å². The molecule has 2 aromatic rings. The molecular formula is C14H17F2N3. The summed E-state index contributed by atoms with van der Waals surface area (Å²) in [6, 6.07) is 4.24. The maximum atomic E-state index is 13.5. The van der Waals surface area contributed by atoms with Crippen LogP contribution in [-0.2, 0) is 13.1 Å².